The Morgan fingerprint density at radius 2 is 1.85 bits per heavy atom. The number of ether oxygens (including phenoxy) is 2. The Labute approximate surface area is 149 Å². The summed E-state index contributed by atoms with van der Waals surface area (Å²) in [4.78, 5) is 11.9. The van der Waals surface area contributed by atoms with Gasteiger partial charge in [-0.15, -0.1) is 0 Å². The van der Waals surface area contributed by atoms with E-state index in [4.69, 9.17) is 9.47 Å². The number of nitrogens with zero attached hydrogens (tertiary/aromatic N) is 1. The first kappa shape index (κ1) is 16.4. The van der Waals surface area contributed by atoms with Gasteiger partial charge in [0.2, 0.25) is 6.79 Å². The van der Waals surface area contributed by atoms with Gasteiger partial charge in [0.15, 0.2) is 26.8 Å². The average molecular weight is 371 g/mol. The number of rotatable bonds is 4. The van der Waals surface area contributed by atoms with Crippen LogP contribution in [0.4, 0.5) is 0 Å². The van der Waals surface area contributed by atoms with Crippen LogP contribution in [0.15, 0.2) is 53.4 Å². The molecular formula is C18H13NO6S. The fraction of sp³-hybridized carbons (Fsp3) is 0.222. The van der Waals surface area contributed by atoms with Crippen molar-refractivity contribution in [2.45, 2.75) is 16.1 Å². The SMILES string of the molecule is N#CC1(C(=O)O)C(c2ccc3c(c2)OCO3)C1S(=O)(=O)c1ccccc1. The monoisotopic (exact) mass is 371 g/mol. The number of nitriles is 1. The molecular weight excluding hydrogens is 358 g/mol. The standard InChI is InChI=1S/C18H13NO6S/c19-9-18(17(20)21)15(11-6-7-13-14(8-11)25-10-24-13)16(18)26(22,23)12-4-2-1-3-5-12/h1-8,15-16H,10H2,(H,20,21). The topological polar surface area (TPSA) is 114 Å². The van der Waals surface area contributed by atoms with Gasteiger partial charge in [0.1, 0.15) is 5.25 Å². The van der Waals surface area contributed by atoms with Crippen LogP contribution in [0.1, 0.15) is 11.5 Å². The maximum absolute atomic E-state index is 13.0. The molecule has 132 valence electrons. The van der Waals surface area contributed by atoms with E-state index in [0.717, 1.165) is 0 Å². The van der Waals surface area contributed by atoms with Crippen LogP contribution in [0, 0.1) is 16.7 Å². The number of aliphatic carboxylic acids is 1. The van der Waals surface area contributed by atoms with Crippen LogP contribution < -0.4 is 9.47 Å². The number of carboxylic acids is 1. The molecule has 1 aliphatic heterocycles. The van der Waals surface area contributed by atoms with Gasteiger partial charge in [0.05, 0.1) is 11.0 Å². The van der Waals surface area contributed by atoms with Crippen LogP contribution in [-0.2, 0) is 14.6 Å². The first-order chi connectivity index (χ1) is 12.4. The predicted molar refractivity (Wildman–Crippen MR) is 88.4 cm³/mol. The number of benzene rings is 2. The molecule has 1 N–H and O–H groups in total. The van der Waals surface area contributed by atoms with Gasteiger partial charge in [-0.25, -0.2) is 8.42 Å². The minimum Gasteiger partial charge on any atom is -0.480 e. The molecule has 0 bridgehead atoms. The molecule has 0 radical (unpaired) electrons. The lowest BCUT2D eigenvalue weighted by Gasteiger charge is -2.04. The highest BCUT2D eigenvalue weighted by Crippen LogP contribution is 2.64. The summed E-state index contributed by atoms with van der Waals surface area (Å²) in [5.74, 6) is -1.55. The second-order valence-corrected chi connectivity index (χ2v) is 8.22. The van der Waals surface area contributed by atoms with Crippen molar-refractivity contribution in [3.63, 3.8) is 0 Å². The number of hydrogen-bond acceptors (Lipinski definition) is 6. The van der Waals surface area contributed by atoms with E-state index < -0.39 is 32.4 Å². The van der Waals surface area contributed by atoms with Crippen molar-refractivity contribution >= 4 is 15.8 Å². The molecule has 1 saturated carbocycles. The quantitative estimate of drug-likeness (QED) is 0.874. The van der Waals surface area contributed by atoms with Crippen LogP contribution in [0.5, 0.6) is 11.5 Å². The fourth-order valence-electron chi connectivity index (χ4n) is 3.52. The molecule has 7 nitrogen and oxygen atoms in total. The number of fused-ring (bicyclic) bond motifs is 1. The summed E-state index contributed by atoms with van der Waals surface area (Å²) in [6, 6.07) is 14.0. The zero-order valence-electron chi connectivity index (χ0n) is 13.3. The van der Waals surface area contributed by atoms with E-state index in [9.17, 15) is 23.6 Å². The second kappa shape index (κ2) is 5.47. The molecule has 3 atom stereocenters. The molecule has 2 aromatic carbocycles. The Kier molecular flexibility index (Phi) is 3.46. The van der Waals surface area contributed by atoms with Crippen molar-refractivity contribution in [2.75, 3.05) is 6.79 Å². The smallest absolute Gasteiger partial charge is 0.326 e. The molecule has 1 fully saturated rings. The normalized spacial score (nSPS) is 26.1. The minimum absolute atomic E-state index is 0.00545. The van der Waals surface area contributed by atoms with E-state index in [2.05, 4.69) is 0 Å². The van der Waals surface area contributed by atoms with Crippen molar-refractivity contribution < 1.29 is 27.8 Å². The molecule has 0 amide bonds. The number of carbonyl (C=O) groups is 1. The first-order valence-corrected chi connectivity index (χ1v) is 9.30. The highest BCUT2D eigenvalue weighted by molar-refractivity contribution is 7.92. The molecule has 1 aliphatic carbocycles. The molecule has 0 saturated heterocycles. The van der Waals surface area contributed by atoms with E-state index in [1.807, 2.05) is 0 Å². The molecule has 26 heavy (non-hydrogen) atoms. The molecule has 0 aromatic heterocycles. The largest absolute Gasteiger partial charge is 0.480 e. The van der Waals surface area contributed by atoms with Crippen LogP contribution in [0.3, 0.4) is 0 Å². The second-order valence-electron chi connectivity index (χ2n) is 6.16. The summed E-state index contributed by atoms with van der Waals surface area (Å²) >= 11 is 0. The van der Waals surface area contributed by atoms with Gasteiger partial charge in [-0.05, 0) is 29.8 Å². The highest BCUT2D eigenvalue weighted by atomic mass is 32.2. The molecule has 2 aromatic rings. The lowest BCUT2D eigenvalue weighted by atomic mass is 10.0. The molecule has 4 rings (SSSR count). The van der Waals surface area contributed by atoms with Gasteiger partial charge in [-0.1, -0.05) is 24.3 Å². The van der Waals surface area contributed by atoms with Crippen molar-refractivity contribution in [3.05, 3.63) is 54.1 Å². The van der Waals surface area contributed by atoms with Gasteiger partial charge in [0, 0.05) is 5.92 Å². The van der Waals surface area contributed by atoms with Crippen molar-refractivity contribution in [1.82, 2.24) is 0 Å². The van der Waals surface area contributed by atoms with E-state index in [1.165, 1.54) is 12.1 Å². The summed E-state index contributed by atoms with van der Waals surface area (Å²) in [7, 11) is -4.02. The van der Waals surface area contributed by atoms with Gasteiger partial charge < -0.3 is 14.6 Å². The van der Waals surface area contributed by atoms with Gasteiger partial charge >= 0.3 is 5.97 Å². The van der Waals surface area contributed by atoms with Gasteiger partial charge in [-0.2, -0.15) is 5.26 Å². The number of hydrogen-bond donors (Lipinski definition) is 1. The summed E-state index contributed by atoms with van der Waals surface area (Å²) in [6.45, 7) is 0.0392. The zero-order chi connectivity index (χ0) is 18.5. The summed E-state index contributed by atoms with van der Waals surface area (Å²) in [5, 5.41) is 17.9. The molecule has 0 spiro atoms. The van der Waals surface area contributed by atoms with E-state index in [1.54, 1.807) is 42.5 Å². The van der Waals surface area contributed by atoms with Gasteiger partial charge in [0.25, 0.3) is 0 Å². The van der Waals surface area contributed by atoms with E-state index >= 15 is 0 Å². The highest BCUT2D eigenvalue weighted by Gasteiger charge is 2.77. The lowest BCUT2D eigenvalue weighted by Crippen LogP contribution is -2.22. The van der Waals surface area contributed by atoms with E-state index in [0.29, 0.717) is 17.1 Å². The number of carboxylic acid groups (broad SMARTS) is 1. The summed E-state index contributed by atoms with van der Waals surface area (Å²) in [5.41, 5.74) is -1.62. The molecule has 3 unspecified atom stereocenters. The lowest BCUT2D eigenvalue weighted by molar-refractivity contribution is -0.141. The average Bonchev–Trinajstić information content (AvgIpc) is 3.15. The van der Waals surface area contributed by atoms with Crippen LogP contribution in [-0.4, -0.2) is 31.5 Å². The third kappa shape index (κ3) is 2.10. The Hall–Kier alpha value is -3.05. The maximum Gasteiger partial charge on any atom is 0.326 e. The zero-order valence-corrected chi connectivity index (χ0v) is 14.1. The Balaban J connectivity index is 1.83. The first-order valence-electron chi connectivity index (χ1n) is 7.76. The Bertz CT molecular complexity index is 1040. The maximum atomic E-state index is 13.0. The van der Waals surface area contributed by atoms with Crippen molar-refractivity contribution in [1.29, 1.82) is 5.26 Å². The third-order valence-corrected chi connectivity index (χ3v) is 7.08. The molecule has 1 heterocycles. The van der Waals surface area contributed by atoms with Crippen LogP contribution >= 0.6 is 0 Å². The number of sulfone groups is 1. The third-order valence-electron chi connectivity index (χ3n) is 4.83. The summed E-state index contributed by atoms with van der Waals surface area (Å²) < 4.78 is 36.5. The van der Waals surface area contributed by atoms with E-state index in [-0.39, 0.29) is 11.7 Å². The predicted octanol–water partition coefficient (Wildman–Crippen LogP) is 1.95. The Morgan fingerprint density at radius 1 is 1.15 bits per heavy atom. The minimum atomic E-state index is -4.02. The fourth-order valence-corrected chi connectivity index (χ4v) is 5.79. The van der Waals surface area contributed by atoms with Gasteiger partial charge in [-0.3, -0.25) is 4.79 Å². The van der Waals surface area contributed by atoms with Crippen molar-refractivity contribution in [3.8, 4) is 17.6 Å². The van der Waals surface area contributed by atoms with Crippen molar-refractivity contribution in [2.24, 2.45) is 5.41 Å². The molecule has 8 heteroatoms. The van der Waals surface area contributed by atoms with Crippen LogP contribution in [0.25, 0.3) is 0 Å². The summed E-state index contributed by atoms with van der Waals surface area (Å²) in [6.07, 6.45) is 0. The Morgan fingerprint density at radius 3 is 2.50 bits per heavy atom. The molecule has 2 aliphatic rings. The van der Waals surface area contributed by atoms with Crippen LogP contribution in [0.2, 0.25) is 0 Å².